The Hall–Kier alpha value is -1.57. The second kappa shape index (κ2) is 6.11. The van der Waals surface area contributed by atoms with Gasteiger partial charge in [-0.3, -0.25) is 4.79 Å². The van der Waals surface area contributed by atoms with Crippen molar-refractivity contribution in [3.63, 3.8) is 0 Å². The van der Waals surface area contributed by atoms with Gasteiger partial charge < -0.3 is 4.74 Å². The summed E-state index contributed by atoms with van der Waals surface area (Å²) in [6.07, 6.45) is -1.07. The van der Waals surface area contributed by atoms with Gasteiger partial charge in [0, 0.05) is 23.9 Å². The number of hydrogen-bond donors (Lipinski definition) is 0. The first-order valence-corrected chi connectivity index (χ1v) is 5.10. The second-order valence-corrected chi connectivity index (χ2v) is 3.28. The van der Waals surface area contributed by atoms with E-state index in [1.807, 2.05) is 0 Å². The van der Waals surface area contributed by atoms with Gasteiger partial charge in [-0.25, -0.2) is 4.42 Å². The highest BCUT2D eigenvalue weighted by Gasteiger charge is 2.23. The second-order valence-electron chi connectivity index (χ2n) is 2.92. The maximum Gasteiger partial charge on any atom is 0.271 e. The molecule has 0 radical (unpaired) electrons. The zero-order valence-electron chi connectivity index (χ0n) is 8.76. The number of ether oxygens (including phenoxy) is 1. The van der Waals surface area contributed by atoms with Crippen molar-refractivity contribution in [2.45, 2.75) is 13.2 Å². The van der Waals surface area contributed by atoms with Gasteiger partial charge >= 0.3 is 0 Å². The van der Waals surface area contributed by atoms with Gasteiger partial charge in [-0.15, -0.1) is 0 Å². The summed E-state index contributed by atoms with van der Waals surface area (Å²) in [5.41, 5.74) is 0.414. The highest BCUT2D eigenvalue weighted by atomic mass is 35.5. The number of hydrogen-bond acceptors (Lipinski definition) is 3. The predicted octanol–water partition coefficient (Wildman–Crippen LogP) is 2.17. The van der Waals surface area contributed by atoms with Gasteiger partial charge in [0.15, 0.2) is 0 Å². The quantitative estimate of drug-likeness (QED) is 0.597. The van der Waals surface area contributed by atoms with Gasteiger partial charge in [-0.05, 0) is 19.1 Å². The van der Waals surface area contributed by atoms with Crippen molar-refractivity contribution in [1.29, 1.82) is 5.26 Å². The lowest BCUT2D eigenvalue weighted by Gasteiger charge is -2.18. The first-order valence-electron chi connectivity index (χ1n) is 4.76. The van der Waals surface area contributed by atoms with Crippen LogP contribution in [0.5, 0.6) is 0 Å². The average Bonchev–Trinajstić information content (AvgIpc) is 2.35. The minimum Gasteiger partial charge on any atom is -0.345 e. The van der Waals surface area contributed by atoms with Crippen LogP contribution in [0.1, 0.15) is 17.3 Å². The topological polar surface area (TPSA) is 53.3 Å². The van der Waals surface area contributed by atoms with Gasteiger partial charge in [0.1, 0.15) is 6.07 Å². The fourth-order valence-electron chi connectivity index (χ4n) is 1.12. The van der Waals surface area contributed by atoms with Crippen molar-refractivity contribution >= 4 is 17.7 Å². The maximum atomic E-state index is 11.8. The Morgan fingerprint density at radius 3 is 2.69 bits per heavy atom. The van der Waals surface area contributed by atoms with Crippen LogP contribution < -0.4 is 0 Å². The normalized spacial score (nSPS) is 11.6. The molecule has 5 heteroatoms. The summed E-state index contributed by atoms with van der Waals surface area (Å²) in [5.74, 6) is -0.456. The van der Waals surface area contributed by atoms with Crippen molar-refractivity contribution in [3.05, 3.63) is 35.9 Å². The van der Waals surface area contributed by atoms with Gasteiger partial charge in [0.25, 0.3) is 5.91 Å². The summed E-state index contributed by atoms with van der Waals surface area (Å²) in [7, 11) is 0. The molecule has 0 N–H and O–H groups in total. The van der Waals surface area contributed by atoms with Crippen LogP contribution in [0.15, 0.2) is 30.3 Å². The third-order valence-corrected chi connectivity index (χ3v) is 2.19. The van der Waals surface area contributed by atoms with Crippen LogP contribution in [-0.2, 0) is 4.74 Å². The van der Waals surface area contributed by atoms with Crippen molar-refractivity contribution < 1.29 is 9.53 Å². The van der Waals surface area contributed by atoms with E-state index < -0.39 is 12.1 Å². The van der Waals surface area contributed by atoms with Crippen molar-refractivity contribution in [2.75, 3.05) is 6.61 Å². The van der Waals surface area contributed by atoms with Crippen LogP contribution in [0.25, 0.3) is 0 Å². The van der Waals surface area contributed by atoms with Crippen LogP contribution in [0, 0.1) is 11.3 Å². The lowest BCUT2D eigenvalue weighted by molar-refractivity contribution is 0.0246. The highest BCUT2D eigenvalue weighted by Crippen LogP contribution is 2.11. The number of carbonyl (C=O) groups excluding carboxylic acids is 1. The first kappa shape index (κ1) is 12.5. The molecular formula is C11H11ClN2O2. The van der Waals surface area contributed by atoms with Crippen molar-refractivity contribution in [2.24, 2.45) is 0 Å². The molecule has 1 unspecified atom stereocenters. The smallest absolute Gasteiger partial charge is 0.271 e. The van der Waals surface area contributed by atoms with E-state index in [-0.39, 0.29) is 0 Å². The number of nitrogens with zero attached hydrogens (tertiary/aromatic N) is 2. The van der Waals surface area contributed by atoms with E-state index in [4.69, 9.17) is 21.8 Å². The summed E-state index contributed by atoms with van der Waals surface area (Å²) in [6.45, 7) is 2.03. The minimum absolute atomic E-state index is 0.309. The van der Waals surface area contributed by atoms with Crippen LogP contribution in [-0.4, -0.2) is 23.2 Å². The van der Waals surface area contributed by atoms with Crippen LogP contribution in [0.3, 0.4) is 0 Å². The number of rotatable bonds is 4. The van der Waals surface area contributed by atoms with Crippen molar-refractivity contribution in [3.8, 4) is 6.07 Å². The van der Waals surface area contributed by atoms with E-state index in [1.165, 1.54) is 0 Å². The molecule has 0 aromatic heterocycles. The molecule has 1 aromatic rings. The standard InChI is InChI=1S/C11H11ClN2O2/c1-2-16-10(8-13)14(12)11(15)9-6-4-3-5-7-9/h3-7,10H,2H2,1H3. The molecule has 16 heavy (non-hydrogen) atoms. The summed E-state index contributed by atoms with van der Waals surface area (Å²) >= 11 is 5.75. The van der Waals surface area contributed by atoms with Crippen LogP contribution in [0.4, 0.5) is 0 Å². The number of halogens is 1. The summed E-state index contributed by atoms with van der Waals surface area (Å²) in [6, 6.07) is 10.3. The zero-order valence-corrected chi connectivity index (χ0v) is 9.52. The third kappa shape index (κ3) is 2.96. The molecule has 1 atom stereocenters. The van der Waals surface area contributed by atoms with Gasteiger partial charge in [-0.1, -0.05) is 18.2 Å². The van der Waals surface area contributed by atoms with E-state index in [9.17, 15) is 4.79 Å². The molecule has 0 saturated carbocycles. The Morgan fingerprint density at radius 2 is 2.19 bits per heavy atom. The first-order chi connectivity index (χ1) is 7.70. The predicted molar refractivity (Wildman–Crippen MR) is 59.5 cm³/mol. The number of benzene rings is 1. The molecule has 1 rings (SSSR count). The van der Waals surface area contributed by atoms with E-state index in [0.717, 1.165) is 4.42 Å². The number of amides is 1. The van der Waals surface area contributed by atoms with Gasteiger partial charge in [-0.2, -0.15) is 5.26 Å². The van der Waals surface area contributed by atoms with Gasteiger partial charge in [0.05, 0.1) is 0 Å². The Bertz CT molecular complexity index is 389. The third-order valence-electron chi connectivity index (χ3n) is 1.86. The molecule has 0 heterocycles. The molecule has 0 fully saturated rings. The lowest BCUT2D eigenvalue weighted by atomic mass is 10.2. The number of carbonyl (C=O) groups is 1. The SMILES string of the molecule is CCOC(C#N)N(Cl)C(=O)c1ccccc1. The van der Waals surface area contributed by atoms with Gasteiger partial charge in [0.2, 0.25) is 6.23 Å². The van der Waals surface area contributed by atoms with E-state index >= 15 is 0 Å². The Morgan fingerprint density at radius 1 is 1.56 bits per heavy atom. The molecule has 1 amide bonds. The summed E-state index contributed by atoms with van der Waals surface area (Å²) < 4.78 is 5.77. The maximum absolute atomic E-state index is 11.8. The van der Waals surface area contributed by atoms with E-state index in [0.29, 0.717) is 12.2 Å². The van der Waals surface area contributed by atoms with E-state index in [1.54, 1.807) is 43.3 Å². The molecule has 0 bridgehead atoms. The Labute approximate surface area is 99.1 Å². The minimum atomic E-state index is -1.07. The molecule has 0 aliphatic heterocycles. The molecule has 1 aromatic carbocycles. The average molecular weight is 239 g/mol. The lowest BCUT2D eigenvalue weighted by Crippen LogP contribution is -2.33. The fourth-order valence-corrected chi connectivity index (χ4v) is 1.32. The number of nitriles is 1. The molecule has 4 nitrogen and oxygen atoms in total. The Balaban J connectivity index is 2.78. The zero-order chi connectivity index (χ0) is 12.0. The highest BCUT2D eigenvalue weighted by molar-refractivity contribution is 6.24. The van der Waals surface area contributed by atoms with Crippen LogP contribution >= 0.6 is 11.8 Å². The van der Waals surface area contributed by atoms with Crippen LogP contribution in [0.2, 0.25) is 0 Å². The molecule has 0 aliphatic rings. The molecule has 0 saturated heterocycles. The summed E-state index contributed by atoms with van der Waals surface area (Å²) in [5, 5.41) is 8.77. The Kier molecular flexibility index (Phi) is 4.77. The van der Waals surface area contributed by atoms with E-state index in [2.05, 4.69) is 0 Å². The molecule has 84 valence electrons. The molecular weight excluding hydrogens is 228 g/mol. The molecule has 0 spiro atoms. The summed E-state index contributed by atoms with van der Waals surface area (Å²) in [4.78, 5) is 11.8. The molecule has 0 aliphatic carbocycles. The monoisotopic (exact) mass is 238 g/mol. The largest absolute Gasteiger partial charge is 0.345 e. The fraction of sp³-hybridized carbons (Fsp3) is 0.273. The van der Waals surface area contributed by atoms with Crippen molar-refractivity contribution in [1.82, 2.24) is 4.42 Å².